The Morgan fingerprint density at radius 3 is 2.79 bits per heavy atom. The van der Waals surface area contributed by atoms with E-state index < -0.39 is 12.0 Å². The van der Waals surface area contributed by atoms with Crippen LogP contribution in [0.3, 0.4) is 0 Å². The molecule has 0 aliphatic heterocycles. The van der Waals surface area contributed by atoms with Gasteiger partial charge in [0.15, 0.2) is 5.11 Å². The van der Waals surface area contributed by atoms with Crippen LogP contribution in [-0.2, 0) is 4.79 Å². The van der Waals surface area contributed by atoms with Gasteiger partial charge in [-0.05, 0) is 19.1 Å². The van der Waals surface area contributed by atoms with Gasteiger partial charge in [-0.2, -0.15) is 5.26 Å². The topological polar surface area (TPSA) is 102 Å². The van der Waals surface area contributed by atoms with Crippen LogP contribution in [0.2, 0.25) is 0 Å². The zero-order valence-electron chi connectivity index (χ0n) is 7.73. The molecule has 0 spiro atoms. The van der Waals surface area contributed by atoms with Gasteiger partial charge in [0.1, 0.15) is 6.04 Å². The van der Waals surface area contributed by atoms with E-state index in [1.807, 2.05) is 6.07 Å². The lowest BCUT2D eigenvalue weighted by molar-refractivity contribution is -0.141. The third-order valence-corrected chi connectivity index (χ3v) is 2.03. The number of carbonyl (C=O) groups is 1. The minimum Gasteiger partial charge on any atom is -0.480 e. The zero-order valence-corrected chi connectivity index (χ0v) is 8.54. The van der Waals surface area contributed by atoms with Crippen LogP contribution in [0.1, 0.15) is 13.3 Å². The smallest absolute Gasteiger partial charge is 0.326 e. The molecule has 6 nitrogen and oxygen atoms in total. The van der Waals surface area contributed by atoms with E-state index in [0.29, 0.717) is 0 Å². The molecular formula is C7H12N4O2S. The largest absolute Gasteiger partial charge is 0.480 e. The first-order valence-electron chi connectivity index (χ1n) is 3.91. The van der Waals surface area contributed by atoms with E-state index in [2.05, 4.69) is 5.43 Å². The number of nitriles is 1. The van der Waals surface area contributed by atoms with E-state index in [1.54, 1.807) is 0 Å². The molecule has 14 heavy (non-hydrogen) atoms. The first-order chi connectivity index (χ1) is 6.54. The maximum atomic E-state index is 10.7. The summed E-state index contributed by atoms with van der Waals surface area (Å²) in [5.41, 5.74) is 2.19. The van der Waals surface area contributed by atoms with E-state index in [1.165, 1.54) is 11.8 Å². The summed E-state index contributed by atoms with van der Waals surface area (Å²) in [6.07, 6.45) is 0.194. The number of thiocarbonyl (C=S) groups is 1. The van der Waals surface area contributed by atoms with Crippen LogP contribution in [0.4, 0.5) is 0 Å². The third-order valence-electron chi connectivity index (χ3n) is 1.67. The Hall–Kier alpha value is -1.39. The van der Waals surface area contributed by atoms with Gasteiger partial charge in [0.2, 0.25) is 0 Å². The number of carboxylic acid groups (broad SMARTS) is 1. The summed E-state index contributed by atoms with van der Waals surface area (Å²) in [7, 11) is 0. The predicted octanol–water partition coefficient (Wildman–Crippen LogP) is -0.577. The van der Waals surface area contributed by atoms with Gasteiger partial charge < -0.3 is 15.4 Å². The second kappa shape index (κ2) is 6.12. The number of nitrogens with two attached hydrogens (primary N) is 1. The molecule has 0 amide bonds. The van der Waals surface area contributed by atoms with Gasteiger partial charge in [-0.15, -0.1) is 0 Å². The van der Waals surface area contributed by atoms with Crippen molar-refractivity contribution < 1.29 is 9.90 Å². The molecule has 4 N–H and O–H groups in total. The molecule has 0 saturated heterocycles. The zero-order chi connectivity index (χ0) is 11.1. The molecule has 1 unspecified atom stereocenters. The van der Waals surface area contributed by atoms with Crippen LogP contribution < -0.4 is 11.3 Å². The van der Waals surface area contributed by atoms with Crippen LogP contribution in [0.25, 0.3) is 0 Å². The monoisotopic (exact) mass is 216 g/mol. The fraction of sp³-hybridized carbons (Fsp3) is 0.571. The van der Waals surface area contributed by atoms with Gasteiger partial charge in [0, 0.05) is 6.54 Å². The highest BCUT2D eigenvalue weighted by Gasteiger charge is 2.21. The Balaban J connectivity index is 4.47. The van der Waals surface area contributed by atoms with Gasteiger partial charge in [-0.25, -0.2) is 10.6 Å². The van der Waals surface area contributed by atoms with Gasteiger partial charge in [0.25, 0.3) is 0 Å². The molecule has 0 aromatic carbocycles. The van der Waals surface area contributed by atoms with Crippen molar-refractivity contribution in [1.29, 1.82) is 5.26 Å². The predicted molar refractivity (Wildman–Crippen MR) is 54.0 cm³/mol. The second-order valence-electron chi connectivity index (χ2n) is 2.57. The van der Waals surface area contributed by atoms with Crippen molar-refractivity contribution in [2.24, 2.45) is 5.84 Å². The van der Waals surface area contributed by atoms with Gasteiger partial charge in [0.05, 0.1) is 12.5 Å². The Morgan fingerprint density at radius 1 is 1.86 bits per heavy atom. The first kappa shape index (κ1) is 12.6. The highest BCUT2D eigenvalue weighted by Crippen LogP contribution is 2.01. The lowest BCUT2D eigenvalue weighted by Crippen LogP contribution is -2.50. The van der Waals surface area contributed by atoms with Crippen LogP contribution in [-0.4, -0.2) is 33.7 Å². The molecular weight excluding hydrogens is 204 g/mol. The molecule has 0 heterocycles. The molecule has 0 radical (unpaired) electrons. The molecule has 0 aliphatic carbocycles. The molecule has 0 aliphatic rings. The summed E-state index contributed by atoms with van der Waals surface area (Å²) in [5.74, 6) is 4.06. The number of carboxylic acids is 1. The van der Waals surface area contributed by atoms with Crippen molar-refractivity contribution >= 4 is 23.3 Å². The number of nitrogens with one attached hydrogen (secondary N) is 1. The van der Waals surface area contributed by atoms with Gasteiger partial charge >= 0.3 is 5.97 Å². The van der Waals surface area contributed by atoms with Crippen LogP contribution in [0.15, 0.2) is 0 Å². The molecule has 78 valence electrons. The highest BCUT2D eigenvalue weighted by atomic mass is 32.1. The molecule has 1 atom stereocenters. The van der Waals surface area contributed by atoms with Crippen LogP contribution >= 0.6 is 12.2 Å². The third kappa shape index (κ3) is 3.55. The summed E-state index contributed by atoms with van der Waals surface area (Å²) in [6.45, 7) is 1.72. The van der Waals surface area contributed by atoms with Crippen molar-refractivity contribution in [2.75, 3.05) is 6.54 Å². The molecule has 7 heteroatoms. The van der Waals surface area contributed by atoms with Crippen molar-refractivity contribution in [2.45, 2.75) is 19.4 Å². The Labute approximate surface area is 87.3 Å². The normalized spacial score (nSPS) is 11.2. The minimum atomic E-state index is -1.01. The Morgan fingerprint density at radius 2 is 2.43 bits per heavy atom. The maximum absolute atomic E-state index is 10.7. The van der Waals surface area contributed by atoms with E-state index >= 15 is 0 Å². The Kier molecular flexibility index (Phi) is 5.52. The number of aliphatic carboxylic acids is 1. The fourth-order valence-corrected chi connectivity index (χ4v) is 1.11. The lowest BCUT2D eigenvalue weighted by atomic mass is 10.3. The number of hydrogen-bond acceptors (Lipinski definition) is 4. The maximum Gasteiger partial charge on any atom is 0.326 e. The molecule has 0 aromatic rings. The van der Waals surface area contributed by atoms with E-state index in [9.17, 15) is 4.79 Å². The van der Waals surface area contributed by atoms with E-state index in [0.717, 1.165) is 0 Å². The SMILES string of the molecule is CC(C(=O)O)N(CCC#N)C(=S)NN. The van der Waals surface area contributed by atoms with Gasteiger partial charge in [-0.3, -0.25) is 0 Å². The molecule has 0 aromatic heterocycles. The number of hydrogen-bond donors (Lipinski definition) is 3. The van der Waals surface area contributed by atoms with Crippen LogP contribution in [0, 0.1) is 11.3 Å². The quantitative estimate of drug-likeness (QED) is 0.328. The second-order valence-corrected chi connectivity index (χ2v) is 2.95. The average Bonchev–Trinajstić information content (AvgIpc) is 2.17. The van der Waals surface area contributed by atoms with Crippen molar-refractivity contribution in [3.8, 4) is 6.07 Å². The molecule has 0 rings (SSSR count). The van der Waals surface area contributed by atoms with Crippen molar-refractivity contribution in [3.05, 3.63) is 0 Å². The summed E-state index contributed by atoms with van der Waals surface area (Å²) >= 11 is 4.80. The molecule has 0 fully saturated rings. The first-order valence-corrected chi connectivity index (χ1v) is 4.32. The highest BCUT2D eigenvalue weighted by molar-refractivity contribution is 7.80. The summed E-state index contributed by atoms with van der Waals surface area (Å²) in [5, 5.41) is 17.2. The van der Waals surface area contributed by atoms with Crippen LogP contribution in [0.5, 0.6) is 0 Å². The fourth-order valence-electron chi connectivity index (χ4n) is 0.858. The minimum absolute atomic E-state index is 0.121. The van der Waals surface area contributed by atoms with E-state index in [-0.39, 0.29) is 18.1 Å². The molecule has 0 bridgehead atoms. The number of hydrazine groups is 1. The van der Waals surface area contributed by atoms with E-state index in [4.69, 9.17) is 28.4 Å². The van der Waals surface area contributed by atoms with Gasteiger partial charge in [-0.1, -0.05) is 0 Å². The summed E-state index contributed by atoms with van der Waals surface area (Å²) in [6, 6.07) is 1.11. The summed E-state index contributed by atoms with van der Waals surface area (Å²) < 4.78 is 0. The van der Waals surface area contributed by atoms with Crippen molar-refractivity contribution in [1.82, 2.24) is 10.3 Å². The number of rotatable bonds is 4. The number of nitrogens with zero attached hydrogens (tertiary/aromatic N) is 2. The standard InChI is InChI=1S/C7H12N4O2S/c1-5(6(12)13)11(4-2-3-8)7(14)10-9/h5H,2,4,9H2,1H3,(H,10,14)(H,12,13). The van der Waals surface area contributed by atoms with Crippen molar-refractivity contribution in [3.63, 3.8) is 0 Å². The Bertz CT molecular complexity index is 263. The lowest BCUT2D eigenvalue weighted by Gasteiger charge is -2.27. The molecule has 0 saturated carbocycles. The average molecular weight is 216 g/mol. The summed E-state index contributed by atoms with van der Waals surface area (Å²) in [4.78, 5) is 12.0.